The van der Waals surface area contributed by atoms with Gasteiger partial charge in [0, 0.05) is 5.56 Å². The molecule has 0 aliphatic heterocycles. The van der Waals surface area contributed by atoms with Crippen LogP contribution in [-0.2, 0) is 0 Å². The fraction of sp³-hybridized carbons (Fsp3) is 0.300. The lowest BCUT2D eigenvalue weighted by atomic mass is 10.1. The van der Waals surface area contributed by atoms with Crippen molar-refractivity contribution in [2.45, 2.75) is 6.92 Å². The third-order valence-electron chi connectivity index (χ3n) is 2.08. The highest BCUT2D eigenvalue weighted by molar-refractivity contribution is 5.89. The van der Waals surface area contributed by atoms with E-state index in [1.54, 1.807) is 6.92 Å². The Balaban J connectivity index is 3.51. The minimum Gasteiger partial charge on any atom is -0.496 e. The number of rotatable bonds is 3. The summed E-state index contributed by atoms with van der Waals surface area (Å²) in [6.45, 7) is 1.59. The molecule has 0 aromatic heterocycles. The van der Waals surface area contributed by atoms with Crippen molar-refractivity contribution in [3.8, 4) is 11.5 Å². The molecule has 0 aliphatic rings. The number of hydrogen-bond donors (Lipinski definition) is 1. The summed E-state index contributed by atoms with van der Waals surface area (Å²) in [5.41, 5.74) is -0.0307. The summed E-state index contributed by atoms with van der Waals surface area (Å²) in [5.74, 6) is -2.06. The summed E-state index contributed by atoms with van der Waals surface area (Å²) in [5, 5.41) is 8.75. The first-order chi connectivity index (χ1) is 7.02. The molecule has 0 bridgehead atoms. The fourth-order valence-corrected chi connectivity index (χ4v) is 1.31. The average molecular weight is 214 g/mol. The van der Waals surface area contributed by atoms with Crippen LogP contribution in [0.25, 0.3) is 0 Å². The van der Waals surface area contributed by atoms with Crippen molar-refractivity contribution in [2.24, 2.45) is 0 Å². The molecule has 1 rings (SSSR count). The lowest BCUT2D eigenvalue weighted by Gasteiger charge is -2.12. The van der Waals surface area contributed by atoms with Gasteiger partial charge in [0.25, 0.3) is 0 Å². The van der Waals surface area contributed by atoms with Crippen LogP contribution in [0, 0.1) is 12.7 Å². The topological polar surface area (TPSA) is 55.8 Å². The molecule has 0 radical (unpaired) electrons. The Hall–Kier alpha value is -1.78. The molecule has 1 aromatic carbocycles. The number of methoxy groups -OCH3 is 2. The first kappa shape index (κ1) is 11.3. The number of carboxylic acid groups (broad SMARTS) is 1. The Kier molecular flexibility index (Phi) is 3.14. The smallest absolute Gasteiger partial charge is 0.338 e. The van der Waals surface area contributed by atoms with Crippen molar-refractivity contribution in [3.05, 3.63) is 23.0 Å². The largest absolute Gasteiger partial charge is 0.496 e. The van der Waals surface area contributed by atoms with Crippen molar-refractivity contribution in [2.75, 3.05) is 14.2 Å². The second-order valence-corrected chi connectivity index (χ2v) is 2.90. The number of ether oxygens (including phenoxy) is 2. The van der Waals surface area contributed by atoms with Gasteiger partial charge < -0.3 is 14.6 Å². The van der Waals surface area contributed by atoms with Gasteiger partial charge in [-0.1, -0.05) is 0 Å². The van der Waals surface area contributed by atoms with E-state index in [0.29, 0.717) is 5.56 Å². The van der Waals surface area contributed by atoms with Crippen molar-refractivity contribution < 1.29 is 23.8 Å². The van der Waals surface area contributed by atoms with E-state index in [4.69, 9.17) is 14.6 Å². The number of hydrogen-bond acceptors (Lipinski definition) is 3. The SMILES string of the molecule is COc1cc(C(=O)O)c(F)c(OC)c1C. The molecule has 15 heavy (non-hydrogen) atoms. The Labute approximate surface area is 86.2 Å². The molecule has 0 aliphatic carbocycles. The van der Waals surface area contributed by atoms with E-state index in [1.165, 1.54) is 14.2 Å². The van der Waals surface area contributed by atoms with Crippen molar-refractivity contribution in [1.82, 2.24) is 0 Å². The molecule has 5 heteroatoms. The normalized spacial score (nSPS) is 9.87. The lowest BCUT2D eigenvalue weighted by molar-refractivity contribution is 0.0690. The highest BCUT2D eigenvalue weighted by Gasteiger charge is 2.20. The predicted octanol–water partition coefficient (Wildman–Crippen LogP) is 1.85. The second kappa shape index (κ2) is 4.16. The molecule has 0 amide bonds. The fourth-order valence-electron chi connectivity index (χ4n) is 1.31. The molecule has 4 nitrogen and oxygen atoms in total. The molecule has 82 valence electrons. The molecule has 0 saturated carbocycles. The van der Waals surface area contributed by atoms with Crippen molar-refractivity contribution >= 4 is 5.97 Å². The number of carbonyl (C=O) groups is 1. The average Bonchev–Trinajstić information content (AvgIpc) is 2.18. The van der Waals surface area contributed by atoms with Crippen LogP contribution in [-0.4, -0.2) is 25.3 Å². The number of carboxylic acids is 1. The summed E-state index contributed by atoms with van der Waals surface area (Å²) in [4.78, 5) is 10.7. The quantitative estimate of drug-likeness (QED) is 0.834. The Bertz CT molecular complexity index is 401. The van der Waals surface area contributed by atoms with Crippen LogP contribution in [0.2, 0.25) is 0 Å². The van der Waals surface area contributed by atoms with Gasteiger partial charge in [-0.3, -0.25) is 0 Å². The van der Waals surface area contributed by atoms with E-state index in [-0.39, 0.29) is 11.5 Å². The van der Waals surface area contributed by atoms with Gasteiger partial charge >= 0.3 is 5.97 Å². The van der Waals surface area contributed by atoms with E-state index in [1.807, 2.05) is 0 Å². The summed E-state index contributed by atoms with van der Waals surface area (Å²) < 4.78 is 23.3. The number of benzene rings is 1. The zero-order valence-corrected chi connectivity index (χ0v) is 8.63. The molecular weight excluding hydrogens is 203 g/mol. The van der Waals surface area contributed by atoms with Gasteiger partial charge in [-0.15, -0.1) is 0 Å². The zero-order chi connectivity index (χ0) is 11.6. The van der Waals surface area contributed by atoms with Gasteiger partial charge in [0.05, 0.1) is 14.2 Å². The molecule has 0 saturated heterocycles. The molecule has 1 N–H and O–H groups in total. The Morgan fingerprint density at radius 2 is 2.00 bits per heavy atom. The van der Waals surface area contributed by atoms with Gasteiger partial charge in [0.2, 0.25) is 0 Å². The van der Waals surface area contributed by atoms with E-state index in [9.17, 15) is 9.18 Å². The van der Waals surface area contributed by atoms with Crippen LogP contribution in [0.15, 0.2) is 6.07 Å². The van der Waals surface area contributed by atoms with Gasteiger partial charge in [-0.05, 0) is 13.0 Å². The molecule has 0 atom stereocenters. The third kappa shape index (κ3) is 1.86. The van der Waals surface area contributed by atoms with Crippen LogP contribution >= 0.6 is 0 Å². The number of halogens is 1. The first-order valence-electron chi connectivity index (χ1n) is 4.17. The number of aromatic carboxylic acids is 1. The van der Waals surface area contributed by atoms with Crippen LogP contribution in [0.3, 0.4) is 0 Å². The molecule has 0 heterocycles. The van der Waals surface area contributed by atoms with Gasteiger partial charge in [0.15, 0.2) is 11.6 Å². The monoisotopic (exact) mass is 214 g/mol. The molecule has 0 spiro atoms. The summed E-state index contributed by atoms with van der Waals surface area (Å²) >= 11 is 0. The first-order valence-corrected chi connectivity index (χ1v) is 4.17. The summed E-state index contributed by atoms with van der Waals surface area (Å²) in [6.07, 6.45) is 0. The van der Waals surface area contributed by atoms with Crippen molar-refractivity contribution in [1.29, 1.82) is 0 Å². The minimum atomic E-state index is -1.36. The van der Waals surface area contributed by atoms with E-state index >= 15 is 0 Å². The van der Waals surface area contributed by atoms with Gasteiger partial charge in [-0.2, -0.15) is 0 Å². The summed E-state index contributed by atoms with van der Waals surface area (Å²) in [6, 6.07) is 1.13. The lowest BCUT2D eigenvalue weighted by Crippen LogP contribution is -2.05. The third-order valence-corrected chi connectivity index (χ3v) is 2.08. The minimum absolute atomic E-state index is 0.105. The van der Waals surface area contributed by atoms with Gasteiger partial charge in [-0.25, -0.2) is 9.18 Å². The molecule has 0 fully saturated rings. The van der Waals surface area contributed by atoms with Crippen LogP contribution < -0.4 is 9.47 Å². The standard InChI is InChI=1S/C10H11FO4/c1-5-7(14-2)4-6(10(12)13)8(11)9(5)15-3/h4H,1-3H3,(H,12,13). The summed E-state index contributed by atoms with van der Waals surface area (Å²) in [7, 11) is 2.65. The second-order valence-electron chi connectivity index (χ2n) is 2.90. The maximum Gasteiger partial charge on any atom is 0.338 e. The van der Waals surface area contributed by atoms with Crippen molar-refractivity contribution in [3.63, 3.8) is 0 Å². The van der Waals surface area contributed by atoms with Gasteiger partial charge in [0.1, 0.15) is 11.3 Å². The van der Waals surface area contributed by atoms with E-state index < -0.39 is 17.3 Å². The maximum absolute atomic E-state index is 13.5. The predicted molar refractivity (Wildman–Crippen MR) is 51.2 cm³/mol. The maximum atomic E-state index is 13.5. The van der Waals surface area contributed by atoms with E-state index in [0.717, 1.165) is 6.07 Å². The van der Waals surface area contributed by atoms with E-state index in [2.05, 4.69) is 0 Å². The Morgan fingerprint density at radius 1 is 1.40 bits per heavy atom. The molecule has 1 aromatic rings. The highest BCUT2D eigenvalue weighted by Crippen LogP contribution is 2.32. The molecular formula is C10H11FO4. The van der Waals surface area contributed by atoms with Crippen LogP contribution in [0.1, 0.15) is 15.9 Å². The van der Waals surface area contributed by atoms with Crippen LogP contribution in [0.4, 0.5) is 4.39 Å². The Morgan fingerprint density at radius 3 is 2.40 bits per heavy atom. The molecule has 0 unspecified atom stereocenters. The van der Waals surface area contributed by atoms with Crippen LogP contribution in [0.5, 0.6) is 11.5 Å². The highest BCUT2D eigenvalue weighted by atomic mass is 19.1. The zero-order valence-electron chi connectivity index (χ0n) is 8.63.